The van der Waals surface area contributed by atoms with E-state index in [1.165, 1.54) is 0 Å². The van der Waals surface area contributed by atoms with Gasteiger partial charge in [0, 0.05) is 29.6 Å². The molecule has 1 saturated carbocycles. The zero-order valence-corrected chi connectivity index (χ0v) is 14.3. The van der Waals surface area contributed by atoms with Crippen LogP contribution in [-0.2, 0) is 4.79 Å². The molecule has 2 aromatic rings. The molecule has 2 aliphatic rings. The molecule has 0 unspecified atom stereocenters. The molecule has 1 aliphatic heterocycles. The van der Waals surface area contributed by atoms with Crippen molar-refractivity contribution in [3.8, 4) is 17.2 Å². The van der Waals surface area contributed by atoms with Crippen LogP contribution in [0.4, 0.5) is 5.69 Å². The third-order valence-electron chi connectivity index (χ3n) is 4.37. The first-order chi connectivity index (χ1) is 12.1. The number of carbonyl (C=O) groups excluding carboxylic acids is 1. The minimum absolute atomic E-state index is 0.0833. The van der Waals surface area contributed by atoms with Crippen LogP contribution in [0.25, 0.3) is 0 Å². The van der Waals surface area contributed by atoms with E-state index in [1.807, 2.05) is 6.07 Å². The summed E-state index contributed by atoms with van der Waals surface area (Å²) in [4.78, 5) is 12.1. The summed E-state index contributed by atoms with van der Waals surface area (Å²) in [5, 5.41) is 3.43. The van der Waals surface area contributed by atoms with Gasteiger partial charge in [-0.15, -0.1) is 0 Å². The van der Waals surface area contributed by atoms with Gasteiger partial charge in [-0.3, -0.25) is 4.79 Å². The van der Waals surface area contributed by atoms with Crippen molar-refractivity contribution >= 4 is 23.2 Å². The molecular weight excluding hydrogens is 342 g/mol. The standard InChI is InChI=1S/C19H18ClNO4/c20-13-3-6-15(7-4-13)23-12-18(22)21-14-5-8-16-17(11-14)25-19(24-16)9-1-2-10-19/h3-8,11H,1-2,9-10,12H2,(H,21,22). The molecule has 1 aliphatic carbocycles. The van der Waals surface area contributed by atoms with Crippen LogP contribution in [0.1, 0.15) is 25.7 Å². The highest BCUT2D eigenvalue weighted by Crippen LogP contribution is 2.47. The predicted octanol–water partition coefficient (Wildman–Crippen LogP) is 4.40. The van der Waals surface area contributed by atoms with Gasteiger partial charge in [0.1, 0.15) is 5.75 Å². The van der Waals surface area contributed by atoms with Gasteiger partial charge in [0.05, 0.1) is 0 Å². The first kappa shape index (κ1) is 16.1. The van der Waals surface area contributed by atoms with Crippen LogP contribution in [0.15, 0.2) is 42.5 Å². The van der Waals surface area contributed by atoms with Crippen LogP contribution in [0.2, 0.25) is 5.02 Å². The minimum Gasteiger partial charge on any atom is -0.484 e. The van der Waals surface area contributed by atoms with Crippen molar-refractivity contribution in [3.05, 3.63) is 47.5 Å². The van der Waals surface area contributed by atoms with Gasteiger partial charge in [0.2, 0.25) is 0 Å². The van der Waals surface area contributed by atoms with Crippen molar-refractivity contribution in [1.82, 2.24) is 0 Å². The van der Waals surface area contributed by atoms with E-state index in [0.29, 0.717) is 22.2 Å². The molecule has 1 amide bonds. The third-order valence-corrected chi connectivity index (χ3v) is 4.62. The lowest BCUT2D eigenvalue weighted by Gasteiger charge is -2.21. The number of carbonyl (C=O) groups is 1. The fourth-order valence-electron chi connectivity index (χ4n) is 3.17. The number of anilines is 1. The fraction of sp³-hybridized carbons (Fsp3) is 0.316. The van der Waals surface area contributed by atoms with Gasteiger partial charge in [-0.05, 0) is 49.2 Å². The average molecular weight is 360 g/mol. The molecule has 130 valence electrons. The number of nitrogens with one attached hydrogen (secondary N) is 1. The Balaban J connectivity index is 1.35. The zero-order valence-electron chi connectivity index (χ0n) is 13.6. The molecular formula is C19H18ClNO4. The van der Waals surface area contributed by atoms with Crippen molar-refractivity contribution in [2.24, 2.45) is 0 Å². The van der Waals surface area contributed by atoms with E-state index >= 15 is 0 Å². The summed E-state index contributed by atoms with van der Waals surface area (Å²) < 4.78 is 17.4. The molecule has 25 heavy (non-hydrogen) atoms. The molecule has 4 rings (SSSR count). The number of ether oxygens (including phenoxy) is 3. The van der Waals surface area contributed by atoms with E-state index in [9.17, 15) is 4.79 Å². The SMILES string of the molecule is O=C(COc1ccc(Cl)cc1)Nc1ccc2c(c1)OC1(CCCC1)O2. The lowest BCUT2D eigenvalue weighted by Crippen LogP contribution is -2.34. The molecule has 0 atom stereocenters. The Labute approximate surface area is 150 Å². The summed E-state index contributed by atoms with van der Waals surface area (Å²) in [5.41, 5.74) is 0.655. The Hall–Kier alpha value is -2.40. The van der Waals surface area contributed by atoms with Crippen molar-refractivity contribution in [2.75, 3.05) is 11.9 Å². The predicted molar refractivity (Wildman–Crippen MR) is 94.5 cm³/mol. The van der Waals surface area contributed by atoms with Gasteiger partial charge < -0.3 is 19.5 Å². The molecule has 2 aromatic carbocycles. The minimum atomic E-state index is -0.497. The topological polar surface area (TPSA) is 56.8 Å². The van der Waals surface area contributed by atoms with Gasteiger partial charge >= 0.3 is 0 Å². The van der Waals surface area contributed by atoms with Crippen LogP contribution in [-0.4, -0.2) is 18.3 Å². The summed E-state index contributed by atoms with van der Waals surface area (Å²) in [7, 11) is 0. The largest absolute Gasteiger partial charge is 0.484 e. The van der Waals surface area contributed by atoms with E-state index in [2.05, 4.69) is 5.32 Å². The molecule has 0 aromatic heterocycles. The Bertz CT molecular complexity index is 785. The van der Waals surface area contributed by atoms with Gasteiger partial charge in [-0.2, -0.15) is 0 Å². The zero-order chi connectivity index (χ0) is 17.3. The second-order valence-electron chi connectivity index (χ2n) is 6.27. The lowest BCUT2D eigenvalue weighted by atomic mass is 10.2. The van der Waals surface area contributed by atoms with Crippen LogP contribution in [0, 0.1) is 0 Å². The smallest absolute Gasteiger partial charge is 0.262 e. The number of amides is 1. The highest BCUT2D eigenvalue weighted by molar-refractivity contribution is 6.30. The van der Waals surface area contributed by atoms with E-state index in [1.54, 1.807) is 36.4 Å². The number of hydrogen-bond donors (Lipinski definition) is 1. The number of rotatable bonds is 4. The molecule has 6 heteroatoms. The highest BCUT2D eigenvalue weighted by atomic mass is 35.5. The van der Waals surface area contributed by atoms with Gasteiger partial charge in [0.25, 0.3) is 11.7 Å². The molecule has 0 radical (unpaired) electrons. The molecule has 1 spiro atoms. The van der Waals surface area contributed by atoms with E-state index in [-0.39, 0.29) is 12.5 Å². The summed E-state index contributed by atoms with van der Waals surface area (Å²) >= 11 is 5.82. The van der Waals surface area contributed by atoms with E-state index in [0.717, 1.165) is 31.4 Å². The quantitative estimate of drug-likeness (QED) is 0.879. The maximum Gasteiger partial charge on any atom is 0.262 e. The van der Waals surface area contributed by atoms with Crippen molar-refractivity contribution in [2.45, 2.75) is 31.5 Å². The van der Waals surface area contributed by atoms with Crippen molar-refractivity contribution < 1.29 is 19.0 Å². The van der Waals surface area contributed by atoms with Crippen LogP contribution >= 0.6 is 11.6 Å². The first-order valence-corrected chi connectivity index (χ1v) is 8.70. The monoisotopic (exact) mass is 359 g/mol. The lowest BCUT2D eigenvalue weighted by molar-refractivity contribution is -0.118. The second-order valence-corrected chi connectivity index (χ2v) is 6.71. The van der Waals surface area contributed by atoms with Crippen molar-refractivity contribution in [1.29, 1.82) is 0 Å². The fourth-order valence-corrected chi connectivity index (χ4v) is 3.29. The highest BCUT2D eigenvalue weighted by Gasteiger charge is 2.44. The maximum atomic E-state index is 12.1. The van der Waals surface area contributed by atoms with E-state index < -0.39 is 5.79 Å². The number of fused-ring (bicyclic) bond motifs is 1. The summed E-state index contributed by atoms with van der Waals surface area (Å²) in [6.07, 6.45) is 4.02. The average Bonchev–Trinajstić information content (AvgIpc) is 3.20. The molecule has 1 N–H and O–H groups in total. The van der Waals surface area contributed by atoms with Gasteiger partial charge in [0.15, 0.2) is 18.1 Å². The maximum absolute atomic E-state index is 12.1. The first-order valence-electron chi connectivity index (χ1n) is 8.32. The van der Waals surface area contributed by atoms with Crippen LogP contribution < -0.4 is 19.5 Å². The molecule has 1 heterocycles. The molecule has 0 saturated heterocycles. The summed E-state index contributed by atoms with van der Waals surface area (Å²) in [6, 6.07) is 12.3. The Morgan fingerprint density at radius 3 is 2.56 bits per heavy atom. The molecule has 0 bridgehead atoms. The van der Waals surface area contributed by atoms with Crippen LogP contribution in [0.3, 0.4) is 0 Å². The Morgan fingerprint density at radius 1 is 1.08 bits per heavy atom. The number of hydrogen-bond acceptors (Lipinski definition) is 4. The van der Waals surface area contributed by atoms with E-state index in [4.69, 9.17) is 25.8 Å². The Kier molecular flexibility index (Phi) is 4.17. The Morgan fingerprint density at radius 2 is 1.80 bits per heavy atom. The third kappa shape index (κ3) is 3.51. The number of benzene rings is 2. The van der Waals surface area contributed by atoms with Gasteiger partial charge in [-0.1, -0.05) is 11.6 Å². The number of halogens is 1. The second kappa shape index (κ2) is 6.48. The van der Waals surface area contributed by atoms with Crippen molar-refractivity contribution in [3.63, 3.8) is 0 Å². The van der Waals surface area contributed by atoms with Crippen LogP contribution in [0.5, 0.6) is 17.2 Å². The molecule has 1 fully saturated rings. The summed E-state index contributed by atoms with van der Waals surface area (Å²) in [6.45, 7) is -0.0833. The molecule has 5 nitrogen and oxygen atoms in total. The van der Waals surface area contributed by atoms with Gasteiger partial charge in [-0.25, -0.2) is 0 Å². The normalized spacial score (nSPS) is 16.8. The summed E-state index contributed by atoms with van der Waals surface area (Å²) in [5.74, 6) is 1.26.